The molecule has 0 spiro atoms. The summed E-state index contributed by atoms with van der Waals surface area (Å²) in [6.45, 7) is 6.47. The molecule has 1 aliphatic heterocycles. The molecule has 5 nitrogen and oxygen atoms in total. The zero-order valence-electron chi connectivity index (χ0n) is 15.0. The summed E-state index contributed by atoms with van der Waals surface area (Å²) >= 11 is 0. The number of fused-ring (bicyclic) bond motifs is 1. The summed E-state index contributed by atoms with van der Waals surface area (Å²) in [7, 11) is 1.76. The van der Waals surface area contributed by atoms with Crippen molar-refractivity contribution in [2.75, 3.05) is 39.9 Å². The van der Waals surface area contributed by atoms with Crippen molar-refractivity contribution in [1.82, 2.24) is 15.2 Å². The minimum absolute atomic E-state index is 0.215. The van der Waals surface area contributed by atoms with Gasteiger partial charge in [-0.25, -0.2) is 4.39 Å². The third-order valence-corrected chi connectivity index (χ3v) is 4.69. The summed E-state index contributed by atoms with van der Waals surface area (Å²) < 4.78 is 18.6. The Morgan fingerprint density at radius 1 is 1.48 bits per heavy atom. The number of aliphatic imine (C=N–C) groups is 1. The first-order chi connectivity index (χ1) is 12.2. The van der Waals surface area contributed by atoms with Gasteiger partial charge in [0.25, 0.3) is 0 Å². The SMILES string of the molecule is CCNC(=NCCc1c[nH]c2cc(F)ccc12)N1CCC(COC)C1. The van der Waals surface area contributed by atoms with E-state index in [0.717, 1.165) is 55.9 Å². The van der Waals surface area contributed by atoms with Crippen LogP contribution in [0.3, 0.4) is 0 Å². The molecule has 0 radical (unpaired) electrons. The fourth-order valence-electron chi connectivity index (χ4n) is 3.47. The maximum atomic E-state index is 13.3. The number of methoxy groups -OCH3 is 1. The van der Waals surface area contributed by atoms with E-state index >= 15 is 0 Å². The maximum Gasteiger partial charge on any atom is 0.193 e. The van der Waals surface area contributed by atoms with E-state index in [1.165, 1.54) is 17.7 Å². The monoisotopic (exact) mass is 346 g/mol. The zero-order chi connectivity index (χ0) is 17.6. The molecule has 2 N–H and O–H groups in total. The second-order valence-corrected chi connectivity index (χ2v) is 6.55. The number of H-pyrrole nitrogens is 1. The minimum Gasteiger partial charge on any atom is -0.384 e. The minimum atomic E-state index is -0.215. The van der Waals surface area contributed by atoms with Crippen LogP contribution in [-0.4, -0.2) is 55.7 Å². The average Bonchev–Trinajstić information content (AvgIpc) is 3.21. The van der Waals surface area contributed by atoms with Crippen molar-refractivity contribution >= 4 is 16.9 Å². The molecule has 1 aromatic carbocycles. The van der Waals surface area contributed by atoms with Gasteiger partial charge in [-0.2, -0.15) is 0 Å². The Kier molecular flexibility index (Phi) is 5.91. The van der Waals surface area contributed by atoms with Gasteiger partial charge in [0, 0.05) is 56.3 Å². The van der Waals surface area contributed by atoms with Gasteiger partial charge < -0.3 is 19.9 Å². The molecule has 0 saturated carbocycles. The van der Waals surface area contributed by atoms with E-state index in [0.29, 0.717) is 12.5 Å². The van der Waals surface area contributed by atoms with Gasteiger partial charge in [-0.15, -0.1) is 0 Å². The predicted octanol–water partition coefficient (Wildman–Crippen LogP) is 2.78. The van der Waals surface area contributed by atoms with Gasteiger partial charge in [0.2, 0.25) is 0 Å². The van der Waals surface area contributed by atoms with Gasteiger partial charge in [0.15, 0.2) is 5.96 Å². The number of halogens is 1. The van der Waals surface area contributed by atoms with E-state index in [9.17, 15) is 4.39 Å². The van der Waals surface area contributed by atoms with Gasteiger partial charge in [0.1, 0.15) is 5.82 Å². The fraction of sp³-hybridized carbons (Fsp3) is 0.526. The van der Waals surface area contributed by atoms with E-state index in [1.54, 1.807) is 7.11 Å². The van der Waals surface area contributed by atoms with Crippen LogP contribution in [0, 0.1) is 11.7 Å². The van der Waals surface area contributed by atoms with Crippen molar-refractivity contribution in [3.8, 4) is 0 Å². The van der Waals surface area contributed by atoms with Crippen molar-refractivity contribution < 1.29 is 9.13 Å². The van der Waals surface area contributed by atoms with Crippen LogP contribution in [0.25, 0.3) is 10.9 Å². The quantitative estimate of drug-likeness (QED) is 0.625. The number of ether oxygens (including phenoxy) is 1. The third kappa shape index (κ3) is 4.31. The number of benzene rings is 1. The molecule has 2 heterocycles. The summed E-state index contributed by atoms with van der Waals surface area (Å²) in [5, 5.41) is 4.46. The molecule has 136 valence electrons. The van der Waals surface area contributed by atoms with Gasteiger partial charge >= 0.3 is 0 Å². The number of aromatic amines is 1. The highest BCUT2D eigenvalue weighted by molar-refractivity contribution is 5.83. The van der Waals surface area contributed by atoms with E-state index in [2.05, 4.69) is 22.1 Å². The first-order valence-electron chi connectivity index (χ1n) is 8.99. The lowest BCUT2D eigenvalue weighted by atomic mass is 10.1. The highest BCUT2D eigenvalue weighted by Gasteiger charge is 2.24. The van der Waals surface area contributed by atoms with Crippen LogP contribution in [0.2, 0.25) is 0 Å². The summed E-state index contributed by atoms with van der Waals surface area (Å²) in [6.07, 6.45) is 3.93. The number of hydrogen-bond acceptors (Lipinski definition) is 2. The second-order valence-electron chi connectivity index (χ2n) is 6.55. The molecule has 0 amide bonds. The summed E-state index contributed by atoms with van der Waals surface area (Å²) in [5.74, 6) is 1.34. The Labute approximate surface area is 148 Å². The van der Waals surface area contributed by atoms with Gasteiger partial charge in [0.05, 0.1) is 6.61 Å². The molecule has 1 aromatic heterocycles. The maximum absolute atomic E-state index is 13.3. The number of rotatable bonds is 6. The fourth-order valence-corrected chi connectivity index (χ4v) is 3.47. The van der Waals surface area contributed by atoms with Crippen molar-refractivity contribution in [3.63, 3.8) is 0 Å². The Hall–Kier alpha value is -2.08. The molecule has 2 aromatic rings. The molecular formula is C19H27FN4O. The largest absolute Gasteiger partial charge is 0.384 e. The highest BCUT2D eigenvalue weighted by Crippen LogP contribution is 2.20. The first kappa shape index (κ1) is 17.7. The van der Waals surface area contributed by atoms with Crippen molar-refractivity contribution in [3.05, 3.63) is 35.8 Å². The van der Waals surface area contributed by atoms with E-state index < -0.39 is 0 Å². The lowest BCUT2D eigenvalue weighted by molar-refractivity contribution is 0.157. The summed E-state index contributed by atoms with van der Waals surface area (Å²) in [5.41, 5.74) is 2.01. The smallest absolute Gasteiger partial charge is 0.193 e. The van der Waals surface area contributed by atoms with Crippen molar-refractivity contribution in [1.29, 1.82) is 0 Å². The van der Waals surface area contributed by atoms with Crippen LogP contribution in [0.15, 0.2) is 29.4 Å². The number of nitrogens with one attached hydrogen (secondary N) is 2. The van der Waals surface area contributed by atoms with Crippen LogP contribution in [0.5, 0.6) is 0 Å². The average molecular weight is 346 g/mol. The van der Waals surface area contributed by atoms with E-state index in [-0.39, 0.29) is 5.82 Å². The molecule has 6 heteroatoms. The molecular weight excluding hydrogens is 319 g/mol. The molecule has 1 aliphatic rings. The molecule has 0 bridgehead atoms. The molecule has 1 unspecified atom stereocenters. The Bertz CT molecular complexity index is 727. The predicted molar refractivity (Wildman–Crippen MR) is 99.5 cm³/mol. The first-order valence-corrected chi connectivity index (χ1v) is 8.99. The van der Waals surface area contributed by atoms with Crippen LogP contribution >= 0.6 is 0 Å². The van der Waals surface area contributed by atoms with Crippen LogP contribution < -0.4 is 5.32 Å². The molecule has 0 aliphatic carbocycles. The Morgan fingerprint density at radius 2 is 2.36 bits per heavy atom. The van der Waals surface area contributed by atoms with Gasteiger partial charge in [-0.05, 0) is 43.5 Å². The molecule has 1 saturated heterocycles. The topological polar surface area (TPSA) is 52.7 Å². The normalized spacial score (nSPS) is 18.3. The van der Waals surface area contributed by atoms with Gasteiger partial charge in [-0.1, -0.05) is 0 Å². The van der Waals surface area contributed by atoms with Gasteiger partial charge in [-0.3, -0.25) is 4.99 Å². The molecule has 3 rings (SSSR count). The molecule has 1 fully saturated rings. The Balaban J connectivity index is 1.63. The molecule has 25 heavy (non-hydrogen) atoms. The van der Waals surface area contributed by atoms with Crippen molar-refractivity contribution in [2.45, 2.75) is 19.8 Å². The number of likely N-dealkylation sites (tertiary alicyclic amines) is 1. The number of aromatic nitrogens is 1. The standard InChI is InChI=1S/C19H27FN4O/c1-3-21-19(24-9-7-14(12-24)13-25-2)22-8-6-15-11-23-18-10-16(20)4-5-17(15)18/h4-5,10-11,14,23H,3,6-9,12-13H2,1-2H3,(H,21,22). The van der Waals surface area contributed by atoms with E-state index in [1.807, 2.05) is 12.3 Å². The number of nitrogens with zero attached hydrogens (tertiary/aromatic N) is 2. The third-order valence-electron chi connectivity index (χ3n) is 4.69. The lowest BCUT2D eigenvalue weighted by Gasteiger charge is -2.21. The number of guanidine groups is 1. The number of hydrogen-bond donors (Lipinski definition) is 2. The van der Waals surface area contributed by atoms with Crippen LogP contribution in [0.4, 0.5) is 4.39 Å². The van der Waals surface area contributed by atoms with Crippen LogP contribution in [-0.2, 0) is 11.2 Å². The Morgan fingerprint density at radius 3 is 3.16 bits per heavy atom. The second kappa shape index (κ2) is 8.34. The summed E-state index contributed by atoms with van der Waals surface area (Å²) in [6, 6.07) is 4.88. The molecule has 1 atom stereocenters. The summed E-state index contributed by atoms with van der Waals surface area (Å²) in [4.78, 5) is 10.2. The lowest BCUT2D eigenvalue weighted by Crippen LogP contribution is -2.40. The van der Waals surface area contributed by atoms with Crippen molar-refractivity contribution in [2.24, 2.45) is 10.9 Å². The highest BCUT2D eigenvalue weighted by atomic mass is 19.1. The zero-order valence-corrected chi connectivity index (χ0v) is 15.0. The van der Waals surface area contributed by atoms with Crippen LogP contribution in [0.1, 0.15) is 18.9 Å². The van der Waals surface area contributed by atoms with E-state index in [4.69, 9.17) is 9.73 Å².